The Kier molecular flexibility index (Phi) is 5.51. The number of hydrogen-bond donors (Lipinski definition) is 2. The molecule has 0 saturated carbocycles. The van der Waals surface area contributed by atoms with E-state index in [1.165, 1.54) is 0 Å². The van der Waals surface area contributed by atoms with Crippen LogP contribution in [-0.2, 0) is 4.79 Å². The summed E-state index contributed by atoms with van der Waals surface area (Å²) in [6.45, 7) is 3.93. The Morgan fingerprint density at radius 1 is 1.55 bits per heavy atom. The Hall–Kier alpha value is -0.980. The summed E-state index contributed by atoms with van der Waals surface area (Å²) in [6.07, 6.45) is 3.30. The van der Waals surface area contributed by atoms with Crippen molar-refractivity contribution in [2.75, 3.05) is 25.0 Å². The molecule has 1 aromatic heterocycles. The number of aliphatic hydroxyl groups is 1. The third-order valence-corrected chi connectivity index (χ3v) is 4.15. The lowest BCUT2D eigenvalue weighted by Crippen LogP contribution is -2.41. The number of hydrogen-bond acceptors (Lipinski definition) is 4. The molecule has 0 aromatic carbocycles. The number of anilines is 1. The second kappa shape index (κ2) is 7.15. The molecule has 2 rings (SSSR count). The number of halogens is 1. The third-order valence-electron chi connectivity index (χ3n) is 3.68. The van der Waals surface area contributed by atoms with E-state index in [9.17, 15) is 9.90 Å². The fraction of sp³-hybridized carbons (Fsp3) is 0.571. The smallest absolute Gasteiger partial charge is 0.239 e. The number of amides is 1. The molecule has 6 heteroatoms. The van der Waals surface area contributed by atoms with E-state index in [1.54, 1.807) is 12.3 Å². The summed E-state index contributed by atoms with van der Waals surface area (Å²) in [5.41, 5.74) is 0. The molecule has 1 aliphatic heterocycles. The van der Waals surface area contributed by atoms with Crippen molar-refractivity contribution in [2.45, 2.75) is 25.9 Å². The van der Waals surface area contributed by atoms with E-state index in [4.69, 9.17) is 0 Å². The quantitative estimate of drug-likeness (QED) is 0.877. The zero-order valence-corrected chi connectivity index (χ0v) is 13.1. The Balaban J connectivity index is 1.77. The Morgan fingerprint density at radius 3 is 2.80 bits per heavy atom. The number of carbonyl (C=O) groups is 1. The molecule has 20 heavy (non-hydrogen) atoms. The molecule has 1 atom stereocenters. The number of nitrogens with one attached hydrogen (secondary N) is 1. The predicted molar refractivity (Wildman–Crippen MR) is 81.4 cm³/mol. The number of carbonyl (C=O) groups excluding carboxylic acids is 1. The van der Waals surface area contributed by atoms with Gasteiger partial charge in [-0.1, -0.05) is 0 Å². The molecule has 1 amide bonds. The molecular weight excluding hydrogens is 322 g/mol. The summed E-state index contributed by atoms with van der Waals surface area (Å²) in [7, 11) is 0. The highest BCUT2D eigenvalue weighted by Gasteiger charge is 2.23. The molecule has 0 radical (unpaired) electrons. The number of aliphatic hydroxyl groups excluding tert-OH is 1. The first-order valence-electron chi connectivity index (χ1n) is 6.86. The average molecular weight is 342 g/mol. The second-order valence-corrected chi connectivity index (χ2v) is 6.18. The van der Waals surface area contributed by atoms with Crippen LogP contribution in [0.4, 0.5) is 5.82 Å². The Morgan fingerprint density at radius 2 is 2.25 bits per heavy atom. The molecule has 0 bridgehead atoms. The third kappa shape index (κ3) is 4.54. The number of pyridine rings is 1. The molecule has 1 fully saturated rings. The van der Waals surface area contributed by atoms with Crippen LogP contribution in [0.25, 0.3) is 0 Å². The van der Waals surface area contributed by atoms with Gasteiger partial charge in [-0.25, -0.2) is 4.98 Å². The predicted octanol–water partition coefficient (Wildman–Crippen LogP) is 1.88. The number of rotatable bonds is 4. The van der Waals surface area contributed by atoms with Gasteiger partial charge in [0.25, 0.3) is 0 Å². The van der Waals surface area contributed by atoms with Crippen LogP contribution in [0.15, 0.2) is 22.8 Å². The first kappa shape index (κ1) is 15.4. The summed E-state index contributed by atoms with van der Waals surface area (Å²) >= 11 is 3.30. The van der Waals surface area contributed by atoms with Gasteiger partial charge in [-0.3, -0.25) is 9.69 Å². The van der Waals surface area contributed by atoms with Gasteiger partial charge in [0.1, 0.15) is 5.82 Å². The first-order chi connectivity index (χ1) is 9.54. The highest BCUT2D eigenvalue weighted by molar-refractivity contribution is 9.10. The molecule has 1 aliphatic rings. The Bertz CT molecular complexity index is 442. The van der Waals surface area contributed by atoms with E-state index < -0.39 is 0 Å². The lowest BCUT2D eigenvalue weighted by Gasteiger charge is -2.32. The summed E-state index contributed by atoms with van der Waals surface area (Å²) < 4.78 is 0.885. The normalized spacial score (nSPS) is 18.8. The molecule has 110 valence electrons. The minimum Gasteiger partial charge on any atom is -0.393 e. The molecule has 0 spiro atoms. The lowest BCUT2D eigenvalue weighted by molar-refractivity contribution is -0.117. The maximum absolute atomic E-state index is 11.9. The average Bonchev–Trinajstić information content (AvgIpc) is 2.42. The van der Waals surface area contributed by atoms with Gasteiger partial charge in [0.05, 0.1) is 12.6 Å². The van der Waals surface area contributed by atoms with Crippen LogP contribution in [0, 0.1) is 5.92 Å². The summed E-state index contributed by atoms with van der Waals surface area (Å²) in [5, 5.41) is 12.3. The van der Waals surface area contributed by atoms with Gasteiger partial charge in [0, 0.05) is 10.7 Å². The van der Waals surface area contributed by atoms with E-state index in [0.29, 0.717) is 18.3 Å². The monoisotopic (exact) mass is 341 g/mol. The fourth-order valence-electron chi connectivity index (χ4n) is 2.43. The van der Waals surface area contributed by atoms with Crippen molar-refractivity contribution in [3.8, 4) is 0 Å². The summed E-state index contributed by atoms with van der Waals surface area (Å²) in [5.74, 6) is 0.884. The van der Waals surface area contributed by atoms with Gasteiger partial charge in [-0.15, -0.1) is 0 Å². The minimum atomic E-state index is -0.252. The minimum absolute atomic E-state index is 0.0460. The highest BCUT2D eigenvalue weighted by Crippen LogP contribution is 2.20. The van der Waals surface area contributed by atoms with Crippen molar-refractivity contribution in [3.63, 3.8) is 0 Å². The number of piperidine rings is 1. The lowest BCUT2D eigenvalue weighted by atomic mass is 9.92. The highest BCUT2D eigenvalue weighted by atomic mass is 79.9. The molecule has 0 aliphatic carbocycles. The SMILES string of the molecule is CC(O)C1CCN(CC(=O)Nc2ccc(Br)cn2)CC1. The van der Waals surface area contributed by atoms with Crippen LogP contribution in [0.1, 0.15) is 19.8 Å². The number of aromatic nitrogens is 1. The van der Waals surface area contributed by atoms with Gasteiger partial charge in [-0.2, -0.15) is 0 Å². The van der Waals surface area contributed by atoms with Crippen molar-refractivity contribution >= 4 is 27.7 Å². The van der Waals surface area contributed by atoms with Crippen LogP contribution in [0.3, 0.4) is 0 Å². The van der Waals surface area contributed by atoms with Gasteiger partial charge in [-0.05, 0) is 66.8 Å². The number of nitrogens with zero attached hydrogens (tertiary/aromatic N) is 2. The summed E-state index contributed by atoms with van der Waals surface area (Å²) in [4.78, 5) is 18.2. The zero-order chi connectivity index (χ0) is 14.5. The maximum Gasteiger partial charge on any atom is 0.239 e. The summed E-state index contributed by atoms with van der Waals surface area (Å²) in [6, 6.07) is 3.61. The Labute approximate surface area is 127 Å². The topological polar surface area (TPSA) is 65.5 Å². The molecular formula is C14H20BrN3O2. The molecule has 2 heterocycles. The number of likely N-dealkylation sites (tertiary alicyclic amines) is 1. The van der Waals surface area contributed by atoms with Crippen LogP contribution in [0.5, 0.6) is 0 Å². The molecule has 2 N–H and O–H groups in total. The van der Waals surface area contributed by atoms with Crippen molar-refractivity contribution < 1.29 is 9.90 Å². The second-order valence-electron chi connectivity index (χ2n) is 5.26. The van der Waals surface area contributed by atoms with Gasteiger partial charge in [0.2, 0.25) is 5.91 Å². The van der Waals surface area contributed by atoms with Crippen LogP contribution >= 0.6 is 15.9 Å². The van der Waals surface area contributed by atoms with Crippen molar-refractivity contribution in [1.29, 1.82) is 0 Å². The van der Waals surface area contributed by atoms with E-state index in [0.717, 1.165) is 30.4 Å². The van der Waals surface area contributed by atoms with E-state index in [-0.39, 0.29) is 12.0 Å². The van der Waals surface area contributed by atoms with Crippen molar-refractivity contribution in [2.24, 2.45) is 5.92 Å². The molecule has 1 aromatic rings. The molecule has 1 saturated heterocycles. The largest absolute Gasteiger partial charge is 0.393 e. The zero-order valence-electron chi connectivity index (χ0n) is 11.6. The van der Waals surface area contributed by atoms with Gasteiger partial charge >= 0.3 is 0 Å². The van der Waals surface area contributed by atoms with E-state index in [1.807, 2.05) is 13.0 Å². The van der Waals surface area contributed by atoms with Crippen LogP contribution in [0.2, 0.25) is 0 Å². The van der Waals surface area contributed by atoms with E-state index in [2.05, 4.69) is 31.1 Å². The molecule has 5 nitrogen and oxygen atoms in total. The van der Waals surface area contributed by atoms with Crippen molar-refractivity contribution in [3.05, 3.63) is 22.8 Å². The van der Waals surface area contributed by atoms with Crippen LogP contribution < -0.4 is 5.32 Å². The fourth-order valence-corrected chi connectivity index (χ4v) is 2.66. The van der Waals surface area contributed by atoms with Crippen LogP contribution in [-0.4, -0.2) is 46.6 Å². The molecule has 1 unspecified atom stereocenters. The van der Waals surface area contributed by atoms with Gasteiger partial charge in [0.15, 0.2) is 0 Å². The van der Waals surface area contributed by atoms with Crippen molar-refractivity contribution in [1.82, 2.24) is 9.88 Å². The standard InChI is InChI=1S/C14H20BrN3O2/c1-10(19)11-4-6-18(7-5-11)9-14(20)17-13-3-2-12(15)8-16-13/h2-3,8,10-11,19H,4-7,9H2,1H3,(H,16,17,20). The first-order valence-corrected chi connectivity index (χ1v) is 7.65. The van der Waals surface area contributed by atoms with Gasteiger partial charge < -0.3 is 10.4 Å². The maximum atomic E-state index is 11.9. The van der Waals surface area contributed by atoms with E-state index >= 15 is 0 Å².